The Morgan fingerprint density at radius 3 is 2.44 bits per heavy atom. The van der Waals surface area contributed by atoms with Crippen LogP contribution in [0.15, 0.2) is 23.6 Å². The van der Waals surface area contributed by atoms with Crippen molar-refractivity contribution in [2.45, 2.75) is 32.6 Å². The molecule has 2 amide bonds. The maximum atomic E-state index is 12.5. The van der Waals surface area contributed by atoms with Crippen molar-refractivity contribution in [3.8, 4) is 0 Å². The van der Waals surface area contributed by atoms with E-state index in [1.165, 1.54) is 11.3 Å². The Labute approximate surface area is 150 Å². The molecule has 0 aromatic carbocycles. The minimum absolute atomic E-state index is 0.0830. The molecule has 7 heteroatoms. The van der Waals surface area contributed by atoms with Crippen molar-refractivity contribution < 1.29 is 19.5 Å². The predicted octanol–water partition coefficient (Wildman–Crippen LogP) is 2.37. The van der Waals surface area contributed by atoms with E-state index in [0.717, 1.165) is 30.6 Å². The normalized spacial score (nSPS) is 27.1. The number of hydrogen-bond donors (Lipinski definition) is 3. The minimum atomic E-state index is -0.951. The smallest absolute Gasteiger partial charge is 0.307 e. The van der Waals surface area contributed by atoms with Crippen LogP contribution in [0, 0.1) is 23.7 Å². The first-order chi connectivity index (χ1) is 12.0. The van der Waals surface area contributed by atoms with E-state index in [1.54, 1.807) is 5.38 Å². The molecule has 4 atom stereocenters. The van der Waals surface area contributed by atoms with Crippen molar-refractivity contribution in [1.29, 1.82) is 0 Å². The summed E-state index contributed by atoms with van der Waals surface area (Å²) in [6.45, 7) is 2.07. The van der Waals surface area contributed by atoms with Crippen LogP contribution in [0.25, 0.3) is 0 Å². The topological polar surface area (TPSA) is 95.5 Å². The van der Waals surface area contributed by atoms with Gasteiger partial charge in [-0.3, -0.25) is 25.2 Å². The third-order valence-corrected chi connectivity index (χ3v) is 6.04. The largest absolute Gasteiger partial charge is 0.481 e. The van der Waals surface area contributed by atoms with E-state index in [9.17, 15) is 19.5 Å². The molecule has 0 radical (unpaired) electrons. The van der Waals surface area contributed by atoms with Gasteiger partial charge in [-0.15, -0.1) is 11.3 Å². The highest BCUT2D eigenvalue weighted by molar-refractivity contribution is 7.10. The lowest BCUT2D eigenvalue weighted by atomic mass is 9.62. The molecule has 1 aromatic rings. The SMILES string of the molecule is CCCc1cc(C(=O)NNC(=O)[C@H]2[C@H](C(=O)O)[C@H]3C=C[C@H]2CC3)cs1. The maximum absolute atomic E-state index is 12.5. The lowest BCUT2D eigenvalue weighted by Crippen LogP contribution is -2.53. The van der Waals surface area contributed by atoms with Crippen molar-refractivity contribution in [3.05, 3.63) is 34.0 Å². The fraction of sp³-hybridized carbons (Fsp3) is 0.500. The fourth-order valence-electron chi connectivity index (χ4n) is 3.84. The second kappa shape index (κ2) is 7.39. The Kier molecular flexibility index (Phi) is 5.22. The molecule has 134 valence electrons. The van der Waals surface area contributed by atoms with Crippen LogP contribution in [-0.2, 0) is 16.0 Å². The average Bonchev–Trinajstić information content (AvgIpc) is 3.08. The third kappa shape index (κ3) is 3.61. The van der Waals surface area contributed by atoms with Crippen LogP contribution in [0.3, 0.4) is 0 Å². The second-order valence-electron chi connectivity index (χ2n) is 6.67. The number of hydrazine groups is 1. The fourth-order valence-corrected chi connectivity index (χ4v) is 4.81. The summed E-state index contributed by atoms with van der Waals surface area (Å²) in [6.07, 6.45) is 7.38. The number of carbonyl (C=O) groups is 3. The van der Waals surface area contributed by atoms with Gasteiger partial charge in [-0.25, -0.2) is 0 Å². The van der Waals surface area contributed by atoms with E-state index >= 15 is 0 Å². The average molecular weight is 362 g/mol. The van der Waals surface area contributed by atoms with Crippen LogP contribution < -0.4 is 10.9 Å². The number of rotatable bonds is 5. The standard InChI is InChI=1S/C18H22N2O4S/c1-2-3-13-8-12(9-25-13)16(21)19-20-17(22)14-10-4-6-11(7-5-10)15(14)18(23)24/h4,6,8-11,14-15H,2-3,5,7H2,1H3,(H,19,21)(H,20,22)(H,23,24)/t10-,11-,14+,15+/m0/s1. The van der Waals surface area contributed by atoms with E-state index in [-0.39, 0.29) is 17.7 Å². The van der Waals surface area contributed by atoms with Gasteiger partial charge < -0.3 is 5.11 Å². The summed E-state index contributed by atoms with van der Waals surface area (Å²) in [5, 5.41) is 11.3. The number of carboxylic acid groups (broad SMARTS) is 1. The summed E-state index contributed by atoms with van der Waals surface area (Å²) in [5.41, 5.74) is 5.36. The van der Waals surface area contributed by atoms with Gasteiger partial charge in [0.25, 0.3) is 5.91 Å². The van der Waals surface area contributed by atoms with E-state index < -0.39 is 23.7 Å². The third-order valence-electron chi connectivity index (χ3n) is 5.05. The molecule has 0 unspecified atom stereocenters. The molecular weight excluding hydrogens is 340 g/mol. The Hall–Kier alpha value is -2.15. The number of hydrogen-bond acceptors (Lipinski definition) is 4. The maximum Gasteiger partial charge on any atom is 0.307 e. The van der Waals surface area contributed by atoms with Gasteiger partial charge in [-0.05, 0) is 37.2 Å². The number of nitrogens with one attached hydrogen (secondary N) is 2. The van der Waals surface area contributed by atoms with Crippen molar-refractivity contribution >= 4 is 29.1 Å². The van der Waals surface area contributed by atoms with Gasteiger partial charge in [-0.1, -0.05) is 25.5 Å². The highest BCUT2D eigenvalue weighted by Crippen LogP contribution is 2.44. The quantitative estimate of drug-likeness (QED) is 0.553. The Balaban J connectivity index is 1.62. The van der Waals surface area contributed by atoms with Gasteiger partial charge in [0.15, 0.2) is 0 Å². The first kappa shape index (κ1) is 17.7. The first-order valence-corrected chi connectivity index (χ1v) is 9.48. The Bertz CT molecular complexity index is 712. The Morgan fingerprint density at radius 2 is 1.84 bits per heavy atom. The van der Waals surface area contributed by atoms with Crippen LogP contribution in [0.5, 0.6) is 0 Å². The number of aliphatic carboxylic acids is 1. The predicted molar refractivity (Wildman–Crippen MR) is 93.9 cm³/mol. The van der Waals surface area contributed by atoms with Crippen molar-refractivity contribution in [1.82, 2.24) is 10.9 Å². The molecule has 4 rings (SSSR count). The molecule has 1 saturated carbocycles. The summed E-state index contributed by atoms with van der Waals surface area (Å²) in [6, 6.07) is 1.82. The molecule has 2 bridgehead atoms. The van der Waals surface area contributed by atoms with Crippen LogP contribution >= 0.6 is 11.3 Å². The highest BCUT2D eigenvalue weighted by atomic mass is 32.1. The number of amides is 2. The number of thiophene rings is 1. The van der Waals surface area contributed by atoms with E-state index in [2.05, 4.69) is 17.8 Å². The number of carbonyl (C=O) groups excluding carboxylic acids is 2. The van der Waals surface area contributed by atoms with Crippen LogP contribution in [0.4, 0.5) is 0 Å². The number of carboxylic acids is 1. The molecule has 0 spiro atoms. The van der Waals surface area contributed by atoms with Crippen LogP contribution in [0.2, 0.25) is 0 Å². The molecule has 0 aliphatic heterocycles. The molecule has 1 fully saturated rings. The number of allylic oxidation sites excluding steroid dienone is 2. The van der Waals surface area contributed by atoms with Gasteiger partial charge in [0, 0.05) is 10.3 Å². The van der Waals surface area contributed by atoms with Gasteiger partial charge >= 0.3 is 5.97 Å². The molecular formula is C18H22N2O4S. The first-order valence-electron chi connectivity index (χ1n) is 8.60. The minimum Gasteiger partial charge on any atom is -0.481 e. The monoisotopic (exact) mass is 362 g/mol. The van der Waals surface area contributed by atoms with Gasteiger partial charge in [-0.2, -0.15) is 0 Å². The highest BCUT2D eigenvalue weighted by Gasteiger charge is 2.48. The zero-order valence-corrected chi connectivity index (χ0v) is 14.8. The second-order valence-corrected chi connectivity index (χ2v) is 7.67. The molecule has 3 aliphatic carbocycles. The van der Waals surface area contributed by atoms with Crippen molar-refractivity contribution in [2.75, 3.05) is 0 Å². The van der Waals surface area contributed by atoms with E-state index in [1.807, 2.05) is 18.2 Å². The molecule has 6 nitrogen and oxygen atoms in total. The van der Waals surface area contributed by atoms with Gasteiger partial charge in [0.1, 0.15) is 0 Å². The Morgan fingerprint density at radius 1 is 1.16 bits per heavy atom. The molecule has 1 aromatic heterocycles. The van der Waals surface area contributed by atoms with Crippen LogP contribution in [-0.4, -0.2) is 22.9 Å². The van der Waals surface area contributed by atoms with E-state index in [4.69, 9.17) is 0 Å². The van der Waals surface area contributed by atoms with Gasteiger partial charge in [0.2, 0.25) is 5.91 Å². The molecule has 3 aliphatic rings. The summed E-state index contributed by atoms with van der Waals surface area (Å²) < 4.78 is 0. The van der Waals surface area contributed by atoms with E-state index in [0.29, 0.717) is 5.56 Å². The number of fused-ring (bicyclic) bond motifs is 2. The summed E-state index contributed by atoms with van der Waals surface area (Å²) in [7, 11) is 0. The lowest BCUT2D eigenvalue weighted by molar-refractivity contribution is -0.153. The lowest BCUT2D eigenvalue weighted by Gasteiger charge is -2.41. The summed E-state index contributed by atoms with van der Waals surface area (Å²) >= 11 is 1.52. The number of aryl methyl sites for hydroxylation is 1. The molecule has 0 saturated heterocycles. The molecule has 1 heterocycles. The summed E-state index contributed by atoms with van der Waals surface area (Å²) in [5.74, 6) is -3.31. The zero-order chi connectivity index (χ0) is 18.0. The van der Waals surface area contributed by atoms with Crippen molar-refractivity contribution in [2.24, 2.45) is 23.7 Å². The zero-order valence-electron chi connectivity index (χ0n) is 14.0. The van der Waals surface area contributed by atoms with Gasteiger partial charge in [0.05, 0.1) is 17.4 Å². The molecule has 25 heavy (non-hydrogen) atoms. The molecule has 3 N–H and O–H groups in total. The summed E-state index contributed by atoms with van der Waals surface area (Å²) in [4.78, 5) is 37.4. The van der Waals surface area contributed by atoms with Crippen LogP contribution in [0.1, 0.15) is 41.4 Å². The van der Waals surface area contributed by atoms with Crippen molar-refractivity contribution in [3.63, 3.8) is 0 Å².